The number of nitrogens with one attached hydrogen (secondary N) is 1. The molecule has 2 aromatic rings. The molecule has 1 N–H and O–H groups in total. The van der Waals surface area contributed by atoms with Crippen molar-refractivity contribution in [3.63, 3.8) is 0 Å². The molecule has 1 unspecified atom stereocenters. The van der Waals surface area contributed by atoms with Gasteiger partial charge in [0.05, 0.1) is 24.9 Å². The Morgan fingerprint density at radius 3 is 2.79 bits per heavy atom. The zero-order valence-corrected chi connectivity index (χ0v) is 15.1. The van der Waals surface area contributed by atoms with Crippen LogP contribution < -0.4 is 5.32 Å². The topological polar surface area (TPSA) is 67.2 Å². The number of rotatable bonds is 7. The highest BCUT2D eigenvalue weighted by Gasteiger charge is 2.33. The number of halogens is 3. The van der Waals surface area contributed by atoms with E-state index in [0.29, 0.717) is 13.2 Å². The molecule has 5 nitrogen and oxygen atoms in total. The molecule has 0 aliphatic carbocycles. The highest BCUT2D eigenvalue weighted by atomic mass is 19.4. The average Bonchev–Trinajstić information content (AvgIpc) is 3.19. The molecule has 1 saturated heterocycles. The van der Waals surface area contributed by atoms with Crippen molar-refractivity contribution in [2.45, 2.75) is 38.3 Å². The molecule has 148 valence electrons. The Balaban J connectivity index is 1.60. The van der Waals surface area contributed by atoms with Crippen molar-refractivity contribution in [2.24, 2.45) is 0 Å². The Bertz CT molecular complexity index is 843. The minimum atomic E-state index is -4.56. The summed E-state index contributed by atoms with van der Waals surface area (Å²) in [5.74, 6) is -0.0858. The molecule has 0 radical (unpaired) electrons. The lowest BCUT2D eigenvalue weighted by molar-refractivity contribution is -0.141. The Kier molecular flexibility index (Phi) is 6.49. The van der Waals surface area contributed by atoms with E-state index in [4.69, 9.17) is 14.7 Å². The molecule has 1 aromatic carbocycles. The van der Waals surface area contributed by atoms with Gasteiger partial charge >= 0.3 is 6.18 Å². The van der Waals surface area contributed by atoms with Gasteiger partial charge in [-0.15, -0.1) is 0 Å². The van der Waals surface area contributed by atoms with Crippen molar-refractivity contribution < 1.29 is 22.6 Å². The molecular weight excluding hydrogens is 371 g/mol. The van der Waals surface area contributed by atoms with Crippen molar-refractivity contribution in [1.29, 1.82) is 5.26 Å². The van der Waals surface area contributed by atoms with E-state index in [0.717, 1.165) is 42.7 Å². The molecule has 1 aromatic heterocycles. The van der Waals surface area contributed by atoms with E-state index in [2.05, 4.69) is 10.3 Å². The summed E-state index contributed by atoms with van der Waals surface area (Å²) in [6.45, 7) is 1.99. The van der Waals surface area contributed by atoms with Crippen molar-refractivity contribution in [1.82, 2.24) is 4.98 Å². The van der Waals surface area contributed by atoms with Crippen LogP contribution in [0.3, 0.4) is 0 Å². The number of pyridine rings is 1. The highest BCUT2D eigenvalue weighted by Crippen LogP contribution is 2.29. The first-order chi connectivity index (χ1) is 13.5. The van der Waals surface area contributed by atoms with Crippen molar-refractivity contribution >= 4 is 5.82 Å². The Morgan fingerprint density at radius 2 is 2.07 bits per heavy atom. The number of hydrogen-bond donors (Lipinski definition) is 1. The lowest BCUT2D eigenvalue weighted by atomic mass is 10.1. The van der Waals surface area contributed by atoms with E-state index in [1.54, 1.807) is 0 Å². The number of nitriles is 1. The summed E-state index contributed by atoms with van der Waals surface area (Å²) in [6, 6.07) is 11.3. The number of nitrogens with zero attached hydrogens (tertiary/aromatic N) is 2. The van der Waals surface area contributed by atoms with Crippen molar-refractivity contribution in [3.8, 4) is 6.07 Å². The van der Waals surface area contributed by atoms with Gasteiger partial charge in [0, 0.05) is 13.2 Å². The average molecular weight is 391 g/mol. The zero-order chi connectivity index (χ0) is 20.0. The molecule has 1 aliphatic rings. The normalized spacial score (nSPS) is 16.7. The third kappa shape index (κ3) is 5.44. The Hall–Kier alpha value is -2.63. The van der Waals surface area contributed by atoms with E-state index < -0.39 is 11.9 Å². The van der Waals surface area contributed by atoms with E-state index in [9.17, 15) is 13.2 Å². The van der Waals surface area contributed by atoms with Gasteiger partial charge in [0.25, 0.3) is 0 Å². The predicted octanol–water partition coefficient (Wildman–Crippen LogP) is 4.28. The van der Waals surface area contributed by atoms with Gasteiger partial charge in [0.1, 0.15) is 17.6 Å². The fourth-order valence-electron chi connectivity index (χ4n) is 2.94. The van der Waals surface area contributed by atoms with Crippen LogP contribution in [0.5, 0.6) is 0 Å². The van der Waals surface area contributed by atoms with Gasteiger partial charge in [-0.25, -0.2) is 4.98 Å². The maximum Gasteiger partial charge on any atom is 0.433 e. The lowest BCUT2D eigenvalue weighted by Crippen LogP contribution is -2.14. The third-order valence-electron chi connectivity index (χ3n) is 4.35. The van der Waals surface area contributed by atoms with Crippen molar-refractivity contribution in [3.05, 3.63) is 58.8 Å². The minimum absolute atomic E-state index is 0.0593. The van der Waals surface area contributed by atoms with E-state index >= 15 is 0 Å². The molecule has 28 heavy (non-hydrogen) atoms. The molecule has 0 spiro atoms. The molecule has 0 amide bonds. The van der Waals surface area contributed by atoms with Gasteiger partial charge in [-0.1, -0.05) is 24.3 Å². The number of ether oxygens (including phenoxy) is 2. The van der Waals surface area contributed by atoms with Crippen LogP contribution in [0.2, 0.25) is 0 Å². The summed E-state index contributed by atoms with van der Waals surface area (Å²) in [7, 11) is 0. The number of aromatic nitrogens is 1. The molecule has 2 heterocycles. The second kappa shape index (κ2) is 9.04. The maximum atomic E-state index is 12.9. The fourth-order valence-corrected chi connectivity index (χ4v) is 2.94. The quantitative estimate of drug-likeness (QED) is 0.763. The van der Waals surface area contributed by atoms with Crippen LogP contribution >= 0.6 is 0 Å². The van der Waals surface area contributed by atoms with E-state index in [-0.39, 0.29) is 24.0 Å². The SMILES string of the molecule is N#Cc1ccc(C(F)(F)F)nc1NCc1cccc(COCC2CCCO2)c1. The molecule has 1 atom stereocenters. The zero-order valence-electron chi connectivity index (χ0n) is 15.1. The van der Waals surface area contributed by atoms with Gasteiger partial charge < -0.3 is 14.8 Å². The minimum Gasteiger partial charge on any atom is -0.376 e. The lowest BCUT2D eigenvalue weighted by Gasteiger charge is -2.12. The smallest absolute Gasteiger partial charge is 0.376 e. The molecule has 0 bridgehead atoms. The Labute approximate surface area is 161 Å². The predicted molar refractivity (Wildman–Crippen MR) is 96.4 cm³/mol. The molecule has 8 heteroatoms. The van der Waals surface area contributed by atoms with Gasteiger partial charge in [0.2, 0.25) is 0 Å². The van der Waals surface area contributed by atoms with Gasteiger partial charge in [-0.3, -0.25) is 0 Å². The summed E-state index contributed by atoms with van der Waals surface area (Å²) in [6.07, 6.45) is -2.34. The third-order valence-corrected chi connectivity index (χ3v) is 4.35. The summed E-state index contributed by atoms with van der Waals surface area (Å²) in [5.41, 5.74) is 0.824. The standard InChI is InChI=1S/C20H20F3N3O2/c21-20(22,23)18-7-6-16(10-24)19(26-18)25-11-14-3-1-4-15(9-14)12-27-13-17-5-2-8-28-17/h1,3-4,6-7,9,17H,2,5,8,11-13H2,(H,25,26). The van der Waals surface area contributed by atoms with Crippen LogP contribution in [0.4, 0.5) is 19.0 Å². The maximum absolute atomic E-state index is 12.9. The molecule has 3 rings (SSSR count). The second-order valence-electron chi connectivity index (χ2n) is 6.53. The first-order valence-corrected chi connectivity index (χ1v) is 8.95. The summed E-state index contributed by atoms with van der Waals surface area (Å²) in [4.78, 5) is 3.55. The molecule has 1 fully saturated rings. The first kappa shape index (κ1) is 20.1. The van der Waals surface area contributed by atoms with Gasteiger partial charge in [-0.2, -0.15) is 18.4 Å². The van der Waals surface area contributed by atoms with Gasteiger partial charge in [0.15, 0.2) is 0 Å². The number of hydrogen-bond acceptors (Lipinski definition) is 5. The number of alkyl halides is 3. The first-order valence-electron chi connectivity index (χ1n) is 8.95. The van der Waals surface area contributed by atoms with Crippen LogP contribution in [-0.2, 0) is 28.8 Å². The molecule has 0 saturated carbocycles. The molecule has 1 aliphatic heterocycles. The summed E-state index contributed by atoms with van der Waals surface area (Å²) < 4.78 is 49.8. The van der Waals surface area contributed by atoms with Crippen LogP contribution in [0.15, 0.2) is 36.4 Å². The number of benzene rings is 1. The summed E-state index contributed by atoms with van der Waals surface area (Å²) in [5, 5.41) is 11.9. The van der Waals surface area contributed by atoms with Crippen LogP contribution in [0.25, 0.3) is 0 Å². The number of anilines is 1. The van der Waals surface area contributed by atoms with Crippen molar-refractivity contribution in [2.75, 3.05) is 18.5 Å². The van der Waals surface area contributed by atoms with Gasteiger partial charge in [-0.05, 0) is 36.1 Å². The highest BCUT2D eigenvalue weighted by molar-refractivity contribution is 5.52. The fraction of sp³-hybridized carbons (Fsp3) is 0.400. The Morgan fingerprint density at radius 1 is 1.25 bits per heavy atom. The van der Waals surface area contributed by atoms with Crippen LogP contribution in [0.1, 0.15) is 35.2 Å². The van der Waals surface area contributed by atoms with E-state index in [1.807, 2.05) is 30.3 Å². The van der Waals surface area contributed by atoms with E-state index in [1.165, 1.54) is 0 Å². The summed E-state index contributed by atoms with van der Waals surface area (Å²) >= 11 is 0. The largest absolute Gasteiger partial charge is 0.433 e. The van der Waals surface area contributed by atoms with Crippen LogP contribution in [0, 0.1) is 11.3 Å². The monoisotopic (exact) mass is 391 g/mol. The second-order valence-corrected chi connectivity index (χ2v) is 6.53. The molecular formula is C20H20F3N3O2. The van der Waals surface area contributed by atoms with Crippen LogP contribution in [-0.4, -0.2) is 24.3 Å².